The maximum absolute atomic E-state index is 5.23. The van der Waals surface area contributed by atoms with Crippen LogP contribution in [0.1, 0.15) is 25.0 Å². The number of hydrogen-bond acceptors (Lipinski definition) is 0. The van der Waals surface area contributed by atoms with E-state index in [1.807, 2.05) is 38.9 Å². The summed E-state index contributed by atoms with van der Waals surface area (Å²) in [6, 6.07) is 18.1. The molecule has 4 heteroatoms. The molecule has 0 bridgehead atoms. The second kappa shape index (κ2) is 18.4. The van der Waals surface area contributed by atoms with Crippen molar-refractivity contribution in [2.45, 2.75) is 20.3 Å². The molecular formula is C21H28Cl2SiZr-4. The third-order valence-electron chi connectivity index (χ3n) is 3.05. The van der Waals surface area contributed by atoms with Gasteiger partial charge in [-0.15, -0.1) is 30.4 Å². The average Bonchev–Trinajstić information content (AvgIpc) is 2.88. The first-order valence-corrected chi connectivity index (χ1v) is 12.8. The Balaban J connectivity index is -0.000000163. The quantitative estimate of drug-likeness (QED) is 0.239. The molecule has 3 rings (SSSR count). The van der Waals surface area contributed by atoms with Gasteiger partial charge in [-0.25, -0.2) is 11.6 Å². The zero-order valence-corrected chi connectivity index (χ0v) is 21.0. The van der Waals surface area contributed by atoms with Crippen molar-refractivity contribution in [2.24, 2.45) is 0 Å². The van der Waals surface area contributed by atoms with Gasteiger partial charge in [0.1, 0.15) is 0 Å². The molecule has 0 fully saturated rings. The number of halogens is 2. The summed E-state index contributed by atoms with van der Waals surface area (Å²) in [5, 5.41) is 0. The van der Waals surface area contributed by atoms with E-state index in [4.69, 9.17) is 6.58 Å². The summed E-state index contributed by atoms with van der Waals surface area (Å²) in [6.07, 6.45) is 4.82. The van der Waals surface area contributed by atoms with Gasteiger partial charge in [-0.3, -0.25) is 6.58 Å². The predicted octanol–water partition coefficient (Wildman–Crippen LogP) is 5.83. The van der Waals surface area contributed by atoms with Crippen LogP contribution in [0.5, 0.6) is 0 Å². The number of rotatable bonds is 1. The third kappa shape index (κ3) is 10.4. The van der Waals surface area contributed by atoms with Crippen molar-refractivity contribution >= 4 is 31.7 Å². The minimum atomic E-state index is 0. The molecule has 1 aliphatic rings. The topological polar surface area (TPSA) is 0 Å². The van der Waals surface area contributed by atoms with Crippen molar-refractivity contribution in [3.8, 4) is 11.1 Å². The van der Waals surface area contributed by atoms with E-state index in [0.717, 1.165) is 12.0 Å². The Morgan fingerprint density at radius 1 is 1.08 bits per heavy atom. The Morgan fingerprint density at radius 2 is 1.64 bits per heavy atom. The molecular weight excluding hydrogens is 442 g/mol. The molecule has 0 saturated carbocycles. The van der Waals surface area contributed by atoms with E-state index in [9.17, 15) is 0 Å². The second-order valence-electron chi connectivity index (χ2n) is 4.64. The fourth-order valence-corrected chi connectivity index (χ4v) is 2.26. The first-order valence-electron chi connectivity index (χ1n) is 6.87. The van der Waals surface area contributed by atoms with Crippen molar-refractivity contribution in [2.75, 3.05) is 0 Å². The van der Waals surface area contributed by atoms with Gasteiger partial charge in [-0.1, -0.05) is 49.2 Å². The van der Waals surface area contributed by atoms with Crippen LogP contribution in [-0.2, 0) is 29.8 Å². The van der Waals surface area contributed by atoms with Crippen LogP contribution in [0.3, 0.4) is 0 Å². The summed E-state index contributed by atoms with van der Waals surface area (Å²) < 4.78 is 0. The van der Waals surface area contributed by atoms with Gasteiger partial charge in [0.15, 0.2) is 0 Å². The van der Waals surface area contributed by atoms with Crippen LogP contribution in [0, 0.1) is 27.5 Å². The van der Waals surface area contributed by atoms with Crippen LogP contribution in [0.15, 0.2) is 60.2 Å². The fraction of sp³-hybridized carbons (Fsp3) is 0.143. The van der Waals surface area contributed by atoms with Crippen molar-refractivity contribution < 1.29 is 23.3 Å². The van der Waals surface area contributed by atoms with Crippen LogP contribution in [0.25, 0.3) is 11.1 Å². The number of benzene rings is 2. The molecule has 0 saturated heterocycles. The van der Waals surface area contributed by atoms with Gasteiger partial charge in [0, 0.05) is 0 Å². The average molecular weight is 471 g/mol. The Kier molecular flexibility index (Phi) is 23.8. The smallest absolute Gasteiger partial charge is 0.0253 e. The summed E-state index contributed by atoms with van der Waals surface area (Å²) in [6.45, 7) is 11.0. The molecule has 0 unspecified atom stereocenters. The summed E-state index contributed by atoms with van der Waals surface area (Å²) in [5.74, 6) is 0. The predicted molar refractivity (Wildman–Crippen MR) is 118 cm³/mol. The Morgan fingerprint density at radius 3 is 2.16 bits per heavy atom. The molecule has 0 N–H and O–H groups in total. The second-order valence-corrected chi connectivity index (χ2v) is 4.64. The molecule has 1 aliphatic carbocycles. The molecule has 0 amide bonds. The van der Waals surface area contributed by atoms with Crippen LogP contribution < -0.4 is 0 Å². The number of allylic oxidation sites excluding steroid dienone is 3. The molecule has 0 radical (unpaired) electrons. The van der Waals surface area contributed by atoms with Crippen molar-refractivity contribution in [1.82, 2.24) is 0 Å². The van der Waals surface area contributed by atoms with Crippen molar-refractivity contribution in [1.29, 1.82) is 0 Å². The monoisotopic (exact) mass is 468 g/mol. The molecule has 0 spiro atoms. The summed E-state index contributed by atoms with van der Waals surface area (Å²) in [5.41, 5.74) is 6.37. The molecule has 2 aromatic rings. The molecule has 2 aromatic carbocycles. The van der Waals surface area contributed by atoms with E-state index in [1.165, 1.54) is 22.3 Å². The molecule has 0 atom stereocenters. The molecule has 25 heavy (non-hydrogen) atoms. The van der Waals surface area contributed by atoms with Crippen LogP contribution >= 0.6 is 24.8 Å². The largest absolute Gasteiger partial charge is 0.179 e. The minimum absolute atomic E-state index is 0. The van der Waals surface area contributed by atoms with Crippen molar-refractivity contribution in [3.05, 3.63) is 98.8 Å². The minimum Gasteiger partial charge on any atom is -0.179 e. The zero-order chi connectivity index (χ0) is 15.7. The van der Waals surface area contributed by atoms with Gasteiger partial charge in [-0.2, -0.15) is 35.9 Å². The van der Waals surface area contributed by atoms with Gasteiger partial charge in [-0.05, 0) is 6.42 Å². The van der Waals surface area contributed by atoms with Gasteiger partial charge in [0.25, 0.3) is 0 Å². The number of fused-ring (bicyclic) bond motifs is 3. The van der Waals surface area contributed by atoms with Crippen LogP contribution in [0.4, 0.5) is 0 Å². The Bertz CT molecular complexity index is 596. The van der Waals surface area contributed by atoms with Crippen LogP contribution in [0.2, 0.25) is 0 Å². The van der Waals surface area contributed by atoms with Crippen molar-refractivity contribution in [3.63, 3.8) is 0 Å². The van der Waals surface area contributed by atoms with E-state index in [1.54, 1.807) is 23.3 Å². The van der Waals surface area contributed by atoms with Gasteiger partial charge >= 0.3 is 30.2 Å². The van der Waals surface area contributed by atoms with E-state index >= 15 is 0 Å². The first-order chi connectivity index (χ1) is 10.2. The first kappa shape index (κ1) is 32.3. The molecule has 0 aromatic heterocycles. The SMILES string of the molecule is Cl.Cl.[CH-]=C(C)C=CC.[CH3-].[CH3-].[SiH2]=[Zr].[c-]1cccc2c1Cc1ccccc1-2. The van der Waals surface area contributed by atoms with E-state index in [2.05, 4.69) is 42.5 Å². The van der Waals surface area contributed by atoms with E-state index in [-0.39, 0.29) is 39.7 Å². The molecule has 0 nitrogen and oxygen atoms in total. The molecule has 0 aliphatic heterocycles. The van der Waals surface area contributed by atoms with Gasteiger partial charge in [0.05, 0.1) is 0 Å². The fourth-order valence-electron chi connectivity index (χ4n) is 2.26. The standard InChI is InChI=1S/C13H9.C6H9.2CH3.2ClH.H2Si.Zr/c1-3-7-12-10(5-1)9-11-6-2-4-8-13(11)12;1-4-5-6(2)3;;;;;;/h1-5,7-8H,9H2;2,4-5H,1,3H3;2*1H3;2*1H;1H2;/q4*-1;;;;. The molecule has 0 heterocycles. The zero-order valence-electron chi connectivity index (χ0n) is 15.5. The van der Waals surface area contributed by atoms with Gasteiger partial charge < -0.3 is 14.9 Å². The normalized spacial score (nSPS) is 8.84. The number of hydrogen-bond donors (Lipinski definition) is 0. The summed E-state index contributed by atoms with van der Waals surface area (Å²) in [4.78, 5) is 0. The Labute approximate surface area is 184 Å². The van der Waals surface area contributed by atoms with Crippen LogP contribution in [-0.4, -0.2) is 6.88 Å². The maximum Gasteiger partial charge on any atom is -0.0253 e. The summed E-state index contributed by atoms with van der Waals surface area (Å²) >= 11 is 1.58. The Hall–Kier alpha value is -0.400. The maximum atomic E-state index is 5.23. The van der Waals surface area contributed by atoms with E-state index in [0.29, 0.717) is 0 Å². The van der Waals surface area contributed by atoms with Gasteiger partial charge in [0.2, 0.25) is 0 Å². The summed E-state index contributed by atoms with van der Waals surface area (Å²) in [7, 11) is 0. The molecule has 138 valence electrons. The third-order valence-corrected chi connectivity index (χ3v) is 3.05. The van der Waals surface area contributed by atoms with E-state index < -0.39 is 0 Å².